The zero-order valence-corrected chi connectivity index (χ0v) is 22.8. The van der Waals surface area contributed by atoms with E-state index in [1.54, 1.807) is 17.5 Å². The molecular formula is C30H36N2O5S. The maximum atomic E-state index is 14.1. The van der Waals surface area contributed by atoms with Crippen LogP contribution in [0.4, 0.5) is 5.69 Å². The average molecular weight is 537 g/mol. The topological polar surface area (TPSA) is 68.3 Å². The fraction of sp³-hybridized carbons (Fsp3) is 0.400. The van der Waals surface area contributed by atoms with Gasteiger partial charge in [0.25, 0.3) is 0 Å². The highest BCUT2D eigenvalue weighted by atomic mass is 32.2. The molecule has 0 N–H and O–H groups in total. The average Bonchev–Trinajstić information content (AvgIpc) is 3.36. The van der Waals surface area contributed by atoms with Crippen LogP contribution < -0.4 is 9.64 Å². The zero-order chi connectivity index (χ0) is 26.5. The molecule has 0 saturated carbocycles. The summed E-state index contributed by atoms with van der Waals surface area (Å²) in [4.78, 5) is 2.48. The Morgan fingerprint density at radius 2 is 1.74 bits per heavy atom. The minimum absolute atomic E-state index is 0.188. The van der Waals surface area contributed by atoms with Gasteiger partial charge in [-0.2, -0.15) is 4.31 Å². The van der Waals surface area contributed by atoms with E-state index in [-0.39, 0.29) is 30.1 Å². The van der Waals surface area contributed by atoms with Crippen molar-refractivity contribution >= 4 is 15.7 Å². The van der Waals surface area contributed by atoms with Gasteiger partial charge < -0.3 is 19.1 Å². The van der Waals surface area contributed by atoms with Crippen LogP contribution in [0.15, 0.2) is 83.8 Å². The van der Waals surface area contributed by atoms with Crippen molar-refractivity contribution in [1.82, 2.24) is 4.31 Å². The van der Waals surface area contributed by atoms with Crippen molar-refractivity contribution in [2.45, 2.75) is 49.5 Å². The Labute approximate surface area is 226 Å². The molecule has 7 nitrogen and oxygen atoms in total. The van der Waals surface area contributed by atoms with Gasteiger partial charge >= 0.3 is 0 Å². The number of fused-ring (bicyclic) bond motifs is 1. The lowest BCUT2D eigenvalue weighted by molar-refractivity contribution is 0.0313. The molecule has 202 valence electrons. The van der Waals surface area contributed by atoms with Gasteiger partial charge in [0.05, 0.1) is 32.4 Å². The van der Waals surface area contributed by atoms with Gasteiger partial charge in [-0.3, -0.25) is 0 Å². The highest BCUT2D eigenvalue weighted by Gasteiger charge is 2.39. The Morgan fingerprint density at radius 3 is 2.47 bits per heavy atom. The molecule has 3 atom stereocenters. The summed E-state index contributed by atoms with van der Waals surface area (Å²) < 4.78 is 47.6. The standard InChI is InChI=1S/C30H36N2O5S/c1-23(25-12-7-4-8-13-25)32-19-28(22-36-20-24-10-5-3-6-11-24)37-29-18-26(15-16-30(29)38(32,33)34)31-17-9-14-27(31)21-35-2/h3-8,10-13,15-16,18,23,27-28H,9,14,17,19-22H2,1-2H3/t23-,27-,28-/m1/s1. The number of methoxy groups -OCH3 is 1. The van der Waals surface area contributed by atoms with Gasteiger partial charge in [-0.25, -0.2) is 8.42 Å². The Bertz CT molecular complexity index is 1300. The number of hydrogen-bond acceptors (Lipinski definition) is 6. The van der Waals surface area contributed by atoms with Crippen LogP contribution >= 0.6 is 0 Å². The summed E-state index contributed by atoms with van der Waals surface area (Å²) in [7, 11) is -2.12. The van der Waals surface area contributed by atoms with Gasteiger partial charge in [0, 0.05) is 31.5 Å². The van der Waals surface area contributed by atoms with E-state index in [1.807, 2.05) is 79.7 Å². The molecule has 2 aliphatic rings. The van der Waals surface area contributed by atoms with Gasteiger partial charge in [-0.1, -0.05) is 60.7 Å². The molecule has 8 heteroatoms. The van der Waals surface area contributed by atoms with Gasteiger partial charge in [0.1, 0.15) is 16.7 Å². The van der Waals surface area contributed by atoms with Crippen molar-refractivity contribution in [3.05, 3.63) is 90.0 Å². The van der Waals surface area contributed by atoms with E-state index in [4.69, 9.17) is 14.2 Å². The van der Waals surface area contributed by atoms with Crippen molar-refractivity contribution in [3.63, 3.8) is 0 Å². The summed E-state index contributed by atoms with van der Waals surface area (Å²) in [6.45, 7) is 4.35. The molecule has 2 aliphatic heterocycles. The van der Waals surface area contributed by atoms with E-state index in [1.165, 1.54) is 0 Å². The molecule has 0 aromatic heterocycles. The Hall–Kier alpha value is -2.91. The Morgan fingerprint density at radius 1 is 1.00 bits per heavy atom. The number of rotatable bonds is 9. The lowest BCUT2D eigenvalue weighted by atomic mass is 10.1. The molecule has 1 saturated heterocycles. The first-order valence-corrected chi connectivity index (χ1v) is 14.7. The largest absolute Gasteiger partial charge is 0.485 e. The van der Waals surface area contributed by atoms with Gasteiger partial charge in [0.15, 0.2) is 0 Å². The lowest BCUT2D eigenvalue weighted by Crippen LogP contribution is -2.40. The van der Waals surface area contributed by atoms with Crippen molar-refractivity contribution in [3.8, 4) is 5.75 Å². The van der Waals surface area contributed by atoms with Crippen LogP contribution in [0.5, 0.6) is 5.75 Å². The normalized spacial score (nSPS) is 21.9. The maximum absolute atomic E-state index is 14.1. The minimum Gasteiger partial charge on any atom is -0.485 e. The number of anilines is 1. The zero-order valence-electron chi connectivity index (χ0n) is 22.0. The quantitative estimate of drug-likeness (QED) is 0.382. The van der Waals surface area contributed by atoms with Gasteiger partial charge in [-0.05, 0) is 43.0 Å². The first-order chi connectivity index (χ1) is 18.5. The summed E-state index contributed by atoms with van der Waals surface area (Å²) in [6, 6.07) is 25.0. The molecule has 0 aliphatic carbocycles. The summed E-state index contributed by atoms with van der Waals surface area (Å²) in [6.07, 6.45) is 1.65. The molecule has 1 fully saturated rings. The molecule has 2 heterocycles. The second kappa shape index (κ2) is 11.9. The van der Waals surface area contributed by atoms with Gasteiger partial charge in [-0.15, -0.1) is 0 Å². The lowest BCUT2D eigenvalue weighted by Gasteiger charge is -2.29. The fourth-order valence-electron chi connectivity index (χ4n) is 5.40. The summed E-state index contributed by atoms with van der Waals surface area (Å²) in [5.41, 5.74) is 2.94. The first kappa shape index (κ1) is 26.7. The second-order valence-corrected chi connectivity index (χ2v) is 11.8. The van der Waals surface area contributed by atoms with E-state index < -0.39 is 16.1 Å². The molecule has 0 bridgehead atoms. The number of benzene rings is 3. The number of hydrogen-bond donors (Lipinski definition) is 0. The van der Waals surface area contributed by atoms with Crippen LogP contribution in [0.1, 0.15) is 36.9 Å². The first-order valence-electron chi connectivity index (χ1n) is 13.2. The fourth-order valence-corrected chi connectivity index (χ4v) is 7.15. The molecular weight excluding hydrogens is 500 g/mol. The maximum Gasteiger partial charge on any atom is 0.247 e. The number of sulfonamides is 1. The number of nitrogens with zero attached hydrogens (tertiary/aromatic N) is 2. The third kappa shape index (κ3) is 5.73. The van der Waals surface area contributed by atoms with E-state index in [0.29, 0.717) is 19.0 Å². The van der Waals surface area contributed by atoms with Crippen molar-refractivity contribution in [2.24, 2.45) is 0 Å². The number of ether oxygens (including phenoxy) is 3. The molecule has 38 heavy (non-hydrogen) atoms. The second-order valence-electron chi connectivity index (χ2n) is 9.98. The van der Waals surface area contributed by atoms with Crippen LogP contribution in [0.25, 0.3) is 0 Å². The highest BCUT2D eigenvalue weighted by Crippen LogP contribution is 2.39. The Kier molecular flexibility index (Phi) is 8.33. The third-order valence-electron chi connectivity index (χ3n) is 7.39. The van der Waals surface area contributed by atoms with E-state index in [2.05, 4.69) is 4.90 Å². The van der Waals surface area contributed by atoms with Crippen molar-refractivity contribution in [1.29, 1.82) is 0 Å². The minimum atomic E-state index is -3.83. The Balaban J connectivity index is 1.46. The summed E-state index contributed by atoms with van der Waals surface area (Å²) >= 11 is 0. The van der Waals surface area contributed by atoms with Crippen LogP contribution in [0.2, 0.25) is 0 Å². The molecule has 0 spiro atoms. The van der Waals surface area contributed by atoms with Crippen LogP contribution in [0, 0.1) is 0 Å². The van der Waals surface area contributed by atoms with Crippen LogP contribution in [-0.4, -0.2) is 58.3 Å². The summed E-state index contributed by atoms with van der Waals surface area (Å²) in [5, 5.41) is 0. The molecule has 3 aromatic carbocycles. The molecule has 0 unspecified atom stereocenters. The van der Waals surface area contributed by atoms with Gasteiger partial charge in [0.2, 0.25) is 10.0 Å². The van der Waals surface area contributed by atoms with E-state index in [0.717, 1.165) is 36.2 Å². The molecule has 0 amide bonds. The van der Waals surface area contributed by atoms with Crippen molar-refractivity contribution in [2.75, 3.05) is 38.3 Å². The predicted molar refractivity (Wildman–Crippen MR) is 148 cm³/mol. The molecule has 3 aromatic rings. The monoisotopic (exact) mass is 536 g/mol. The van der Waals surface area contributed by atoms with Crippen LogP contribution in [-0.2, 0) is 26.1 Å². The molecule has 0 radical (unpaired) electrons. The van der Waals surface area contributed by atoms with Crippen molar-refractivity contribution < 1.29 is 22.6 Å². The highest BCUT2D eigenvalue weighted by molar-refractivity contribution is 7.89. The van der Waals surface area contributed by atoms with E-state index in [9.17, 15) is 8.42 Å². The smallest absolute Gasteiger partial charge is 0.247 e. The predicted octanol–water partition coefficient (Wildman–Crippen LogP) is 5.03. The molecule has 5 rings (SSSR count). The summed E-state index contributed by atoms with van der Waals surface area (Å²) in [5.74, 6) is 0.377. The van der Waals surface area contributed by atoms with Crippen LogP contribution in [0.3, 0.4) is 0 Å². The SMILES string of the molecule is COC[C@H]1CCCN1c1ccc2c(c1)O[C@@H](COCc1ccccc1)CN([C@H](C)c1ccccc1)S2(=O)=O. The third-order valence-corrected chi connectivity index (χ3v) is 9.36. The van der Waals surface area contributed by atoms with E-state index >= 15 is 0 Å².